The van der Waals surface area contributed by atoms with Gasteiger partial charge in [0, 0.05) is 11.6 Å². The van der Waals surface area contributed by atoms with Gasteiger partial charge < -0.3 is 11.1 Å². The minimum absolute atomic E-state index is 0.000963. The zero-order valence-electron chi connectivity index (χ0n) is 10.6. The molecule has 0 fully saturated rings. The van der Waals surface area contributed by atoms with E-state index in [-0.39, 0.29) is 11.8 Å². The van der Waals surface area contributed by atoms with Crippen LogP contribution in [-0.4, -0.2) is 12.5 Å². The minimum atomic E-state index is -0.0145. The summed E-state index contributed by atoms with van der Waals surface area (Å²) in [6.45, 7) is 2.60. The second kappa shape index (κ2) is 7.46. The van der Waals surface area contributed by atoms with Crippen LogP contribution in [0.25, 0.3) is 0 Å². The molecule has 0 bridgehead atoms. The van der Waals surface area contributed by atoms with Crippen LogP contribution in [0.5, 0.6) is 0 Å². The molecule has 0 saturated carbocycles. The minimum Gasteiger partial charge on any atom is -0.330 e. The predicted octanol–water partition coefficient (Wildman–Crippen LogP) is 2.26. The number of nitrogens with one attached hydrogen (secondary N) is 1. The zero-order valence-corrected chi connectivity index (χ0v) is 10.6. The van der Waals surface area contributed by atoms with Gasteiger partial charge in [0.25, 0.3) is 0 Å². The second-order valence-electron chi connectivity index (χ2n) is 4.22. The highest BCUT2D eigenvalue weighted by atomic mass is 16.1. The molecule has 0 radical (unpaired) electrons. The SMILES string of the molecule is CCC(CCCN)C(=O)Nc1cccc(C#N)c1. The number of hydrogen-bond acceptors (Lipinski definition) is 3. The van der Waals surface area contributed by atoms with E-state index in [9.17, 15) is 4.79 Å². The van der Waals surface area contributed by atoms with Crippen LogP contribution in [-0.2, 0) is 4.79 Å². The fourth-order valence-electron chi connectivity index (χ4n) is 1.80. The van der Waals surface area contributed by atoms with Crippen LogP contribution < -0.4 is 11.1 Å². The molecule has 1 amide bonds. The standard InChI is InChI=1S/C14H19N3O/c1-2-12(6-4-8-15)14(18)17-13-7-3-5-11(9-13)10-16/h3,5,7,9,12H,2,4,6,8,15H2,1H3,(H,17,18). The average molecular weight is 245 g/mol. The molecule has 1 rings (SSSR count). The van der Waals surface area contributed by atoms with Crippen molar-refractivity contribution in [3.8, 4) is 6.07 Å². The van der Waals surface area contributed by atoms with E-state index in [2.05, 4.69) is 11.4 Å². The van der Waals surface area contributed by atoms with Gasteiger partial charge in [-0.2, -0.15) is 5.26 Å². The maximum Gasteiger partial charge on any atom is 0.227 e. The third-order valence-corrected chi connectivity index (χ3v) is 2.88. The average Bonchev–Trinajstić information content (AvgIpc) is 2.40. The number of amides is 1. The molecule has 0 aliphatic carbocycles. The number of rotatable bonds is 6. The predicted molar refractivity (Wildman–Crippen MR) is 71.9 cm³/mol. The number of hydrogen-bond donors (Lipinski definition) is 2. The molecule has 0 aliphatic heterocycles. The molecule has 0 aromatic heterocycles. The smallest absolute Gasteiger partial charge is 0.227 e. The molecule has 1 aromatic carbocycles. The molecule has 0 spiro atoms. The largest absolute Gasteiger partial charge is 0.330 e. The van der Waals surface area contributed by atoms with Crippen LogP contribution >= 0.6 is 0 Å². The number of nitriles is 1. The summed E-state index contributed by atoms with van der Waals surface area (Å²) in [5.74, 6) is -0.0136. The van der Waals surface area contributed by atoms with Gasteiger partial charge >= 0.3 is 0 Å². The first-order chi connectivity index (χ1) is 8.71. The van der Waals surface area contributed by atoms with Crippen LogP contribution in [0.3, 0.4) is 0 Å². The topological polar surface area (TPSA) is 78.9 Å². The first-order valence-electron chi connectivity index (χ1n) is 6.22. The summed E-state index contributed by atoms with van der Waals surface area (Å²) >= 11 is 0. The Labute approximate surface area is 108 Å². The molecule has 0 heterocycles. The van der Waals surface area contributed by atoms with E-state index in [1.165, 1.54) is 0 Å². The normalized spacial score (nSPS) is 11.6. The van der Waals surface area contributed by atoms with Gasteiger partial charge in [0.15, 0.2) is 0 Å². The van der Waals surface area contributed by atoms with Gasteiger partial charge in [-0.15, -0.1) is 0 Å². The number of carbonyl (C=O) groups is 1. The molecule has 3 N–H and O–H groups in total. The number of carbonyl (C=O) groups excluding carboxylic acids is 1. The van der Waals surface area contributed by atoms with E-state index >= 15 is 0 Å². The van der Waals surface area contributed by atoms with Gasteiger partial charge in [-0.25, -0.2) is 0 Å². The van der Waals surface area contributed by atoms with E-state index in [0.717, 1.165) is 19.3 Å². The lowest BCUT2D eigenvalue weighted by molar-refractivity contribution is -0.120. The van der Waals surface area contributed by atoms with Crippen molar-refractivity contribution in [2.75, 3.05) is 11.9 Å². The number of benzene rings is 1. The van der Waals surface area contributed by atoms with E-state index in [4.69, 9.17) is 11.0 Å². The molecule has 4 heteroatoms. The van der Waals surface area contributed by atoms with E-state index in [0.29, 0.717) is 17.8 Å². The molecular formula is C14H19N3O. The van der Waals surface area contributed by atoms with E-state index < -0.39 is 0 Å². The summed E-state index contributed by atoms with van der Waals surface area (Å²) in [6, 6.07) is 8.98. The summed E-state index contributed by atoms with van der Waals surface area (Å²) in [6.07, 6.45) is 2.45. The number of anilines is 1. The van der Waals surface area contributed by atoms with Crippen LogP contribution in [0.1, 0.15) is 31.7 Å². The van der Waals surface area contributed by atoms with Crippen LogP contribution in [0.15, 0.2) is 24.3 Å². The quantitative estimate of drug-likeness (QED) is 0.806. The highest BCUT2D eigenvalue weighted by Gasteiger charge is 2.15. The Morgan fingerprint density at radius 1 is 1.56 bits per heavy atom. The molecule has 4 nitrogen and oxygen atoms in total. The zero-order chi connectivity index (χ0) is 13.4. The van der Waals surface area contributed by atoms with Crippen molar-refractivity contribution >= 4 is 11.6 Å². The number of nitrogens with zero attached hydrogens (tertiary/aromatic N) is 1. The second-order valence-corrected chi connectivity index (χ2v) is 4.22. The molecule has 96 valence electrons. The Balaban J connectivity index is 2.64. The lowest BCUT2D eigenvalue weighted by Gasteiger charge is -2.14. The van der Waals surface area contributed by atoms with Gasteiger partial charge in [-0.1, -0.05) is 13.0 Å². The van der Waals surface area contributed by atoms with E-state index in [1.54, 1.807) is 24.3 Å². The van der Waals surface area contributed by atoms with Gasteiger partial charge in [0.1, 0.15) is 0 Å². The van der Waals surface area contributed by atoms with E-state index in [1.807, 2.05) is 6.92 Å². The molecule has 1 aromatic rings. The van der Waals surface area contributed by atoms with Gasteiger partial charge in [-0.05, 0) is 44.0 Å². The van der Waals surface area contributed by atoms with Crippen LogP contribution in [0.2, 0.25) is 0 Å². The lowest BCUT2D eigenvalue weighted by atomic mass is 9.99. The van der Waals surface area contributed by atoms with Crippen molar-refractivity contribution in [1.82, 2.24) is 0 Å². The van der Waals surface area contributed by atoms with Crippen molar-refractivity contribution in [2.24, 2.45) is 11.7 Å². The Hall–Kier alpha value is -1.86. The summed E-state index contributed by atoms with van der Waals surface area (Å²) in [5, 5.41) is 11.6. The molecule has 1 atom stereocenters. The monoisotopic (exact) mass is 245 g/mol. The first kappa shape index (κ1) is 14.2. The third kappa shape index (κ3) is 4.19. The molecule has 1 unspecified atom stereocenters. The van der Waals surface area contributed by atoms with Crippen molar-refractivity contribution in [3.05, 3.63) is 29.8 Å². The lowest BCUT2D eigenvalue weighted by Crippen LogP contribution is -2.23. The summed E-state index contributed by atoms with van der Waals surface area (Å²) in [4.78, 5) is 12.0. The molecule has 0 saturated heterocycles. The maximum absolute atomic E-state index is 12.0. The molecular weight excluding hydrogens is 226 g/mol. The Morgan fingerprint density at radius 2 is 2.33 bits per heavy atom. The number of nitrogens with two attached hydrogens (primary N) is 1. The van der Waals surface area contributed by atoms with Crippen LogP contribution in [0.4, 0.5) is 5.69 Å². The summed E-state index contributed by atoms with van der Waals surface area (Å²) in [7, 11) is 0. The van der Waals surface area contributed by atoms with Crippen LogP contribution in [0, 0.1) is 17.2 Å². The fraction of sp³-hybridized carbons (Fsp3) is 0.429. The first-order valence-corrected chi connectivity index (χ1v) is 6.22. The summed E-state index contributed by atoms with van der Waals surface area (Å²) in [5.41, 5.74) is 6.67. The molecule has 0 aliphatic rings. The van der Waals surface area contributed by atoms with Crippen molar-refractivity contribution in [2.45, 2.75) is 26.2 Å². The van der Waals surface area contributed by atoms with Crippen molar-refractivity contribution < 1.29 is 4.79 Å². The fourth-order valence-corrected chi connectivity index (χ4v) is 1.80. The Kier molecular flexibility index (Phi) is 5.89. The highest BCUT2D eigenvalue weighted by molar-refractivity contribution is 5.92. The Morgan fingerprint density at radius 3 is 2.94 bits per heavy atom. The third-order valence-electron chi connectivity index (χ3n) is 2.88. The van der Waals surface area contributed by atoms with Crippen molar-refractivity contribution in [3.63, 3.8) is 0 Å². The van der Waals surface area contributed by atoms with Crippen molar-refractivity contribution in [1.29, 1.82) is 5.26 Å². The highest BCUT2D eigenvalue weighted by Crippen LogP contribution is 2.15. The van der Waals surface area contributed by atoms with Gasteiger partial charge in [-0.3, -0.25) is 4.79 Å². The summed E-state index contributed by atoms with van der Waals surface area (Å²) < 4.78 is 0. The maximum atomic E-state index is 12.0. The molecule has 18 heavy (non-hydrogen) atoms. The van der Waals surface area contributed by atoms with Gasteiger partial charge in [0.05, 0.1) is 11.6 Å². The Bertz CT molecular complexity index is 437. The van der Waals surface area contributed by atoms with Gasteiger partial charge in [0.2, 0.25) is 5.91 Å².